The van der Waals surface area contributed by atoms with E-state index in [0.717, 1.165) is 16.7 Å². The molecular weight excluding hydrogens is 252 g/mol. The minimum atomic E-state index is 0.0564. The molecule has 2 aromatic heterocycles. The highest BCUT2D eigenvalue weighted by molar-refractivity contribution is 5.76. The van der Waals surface area contributed by atoms with Crippen molar-refractivity contribution in [1.29, 1.82) is 0 Å². The molecule has 0 atom stereocenters. The number of nitrogens with one attached hydrogen (secondary N) is 1. The summed E-state index contributed by atoms with van der Waals surface area (Å²) < 4.78 is 7.41. The topological polar surface area (TPSA) is 55.9 Å². The number of para-hydroxylation sites is 2. The number of imidazole rings is 1. The van der Waals surface area contributed by atoms with Gasteiger partial charge in [-0.25, -0.2) is 4.98 Å². The van der Waals surface area contributed by atoms with Crippen molar-refractivity contribution >= 4 is 11.0 Å². The highest BCUT2D eigenvalue weighted by Crippen LogP contribution is 2.17. The molecule has 3 aromatic rings. The van der Waals surface area contributed by atoms with Crippen molar-refractivity contribution < 1.29 is 4.42 Å². The van der Waals surface area contributed by atoms with Crippen LogP contribution in [-0.2, 0) is 6.54 Å². The van der Waals surface area contributed by atoms with Gasteiger partial charge in [-0.1, -0.05) is 12.1 Å². The number of aromatic nitrogens is 3. The molecule has 0 spiro atoms. The van der Waals surface area contributed by atoms with E-state index < -0.39 is 0 Å². The van der Waals surface area contributed by atoms with Gasteiger partial charge in [0.2, 0.25) is 0 Å². The second-order valence-corrected chi connectivity index (χ2v) is 5.83. The van der Waals surface area contributed by atoms with Gasteiger partial charge in [0.15, 0.2) is 0 Å². The summed E-state index contributed by atoms with van der Waals surface area (Å²) in [6, 6.07) is 8.46. The van der Waals surface area contributed by atoms with Crippen LogP contribution in [-0.4, -0.2) is 20.1 Å². The second-order valence-electron chi connectivity index (χ2n) is 5.83. The predicted octanol–water partition coefficient (Wildman–Crippen LogP) is 2.90. The SMILES string of the molecule is CC(C)(C)NCc1coc(-n2cnc3ccccc32)n1. The van der Waals surface area contributed by atoms with Crippen molar-refractivity contribution in [3.05, 3.63) is 42.5 Å². The van der Waals surface area contributed by atoms with Crippen LogP contribution in [0, 0.1) is 0 Å². The van der Waals surface area contributed by atoms with Gasteiger partial charge in [0, 0.05) is 12.1 Å². The fraction of sp³-hybridized carbons (Fsp3) is 0.333. The number of nitrogens with zero attached hydrogens (tertiary/aromatic N) is 3. The summed E-state index contributed by atoms with van der Waals surface area (Å²) in [6.45, 7) is 7.05. The quantitative estimate of drug-likeness (QED) is 0.795. The number of fused-ring (bicyclic) bond motifs is 1. The van der Waals surface area contributed by atoms with E-state index in [1.807, 2.05) is 28.8 Å². The van der Waals surface area contributed by atoms with Crippen LogP contribution in [0.5, 0.6) is 0 Å². The lowest BCUT2D eigenvalue weighted by Crippen LogP contribution is -2.35. The first-order chi connectivity index (χ1) is 9.53. The summed E-state index contributed by atoms with van der Waals surface area (Å²) in [5.74, 6) is 0. The van der Waals surface area contributed by atoms with Crippen molar-refractivity contribution in [2.45, 2.75) is 32.9 Å². The van der Waals surface area contributed by atoms with Gasteiger partial charge >= 0.3 is 6.01 Å². The van der Waals surface area contributed by atoms with E-state index in [0.29, 0.717) is 12.6 Å². The van der Waals surface area contributed by atoms with Crippen molar-refractivity contribution in [2.75, 3.05) is 0 Å². The fourth-order valence-corrected chi connectivity index (χ4v) is 1.96. The van der Waals surface area contributed by atoms with E-state index in [1.165, 1.54) is 0 Å². The van der Waals surface area contributed by atoms with Crippen LogP contribution >= 0.6 is 0 Å². The van der Waals surface area contributed by atoms with Gasteiger partial charge in [-0.3, -0.25) is 4.57 Å². The highest BCUT2D eigenvalue weighted by atomic mass is 16.4. The normalized spacial score (nSPS) is 12.2. The van der Waals surface area contributed by atoms with Crippen LogP contribution in [0.2, 0.25) is 0 Å². The van der Waals surface area contributed by atoms with Crippen LogP contribution in [0.25, 0.3) is 17.0 Å². The Bertz CT molecular complexity index is 721. The lowest BCUT2D eigenvalue weighted by Gasteiger charge is -2.19. The average Bonchev–Trinajstić information content (AvgIpc) is 3.01. The summed E-state index contributed by atoms with van der Waals surface area (Å²) >= 11 is 0. The third-order valence-electron chi connectivity index (χ3n) is 3.00. The lowest BCUT2D eigenvalue weighted by molar-refractivity contribution is 0.421. The molecule has 0 radical (unpaired) electrons. The Morgan fingerprint density at radius 1 is 1.25 bits per heavy atom. The van der Waals surface area contributed by atoms with Gasteiger partial charge in [-0.2, -0.15) is 4.98 Å². The molecule has 1 N–H and O–H groups in total. The van der Waals surface area contributed by atoms with Crippen LogP contribution in [0.4, 0.5) is 0 Å². The standard InChI is InChI=1S/C15H18N4O/c1-15(2,3)17-8-11-9-20-14(18-11)19-10-16-12-6-4-5-7-13(12)19/h4-7,9-10,17H,8H2,1-3H3. The Hall–Kier alpha value is -2.14. The molecule has 20 heavy (non-hydrogen) atoms. The Labute approximate surface area is 117 Å². The van der Waals surface area contributed by atoms with Crippen LogP contribution < -0.4 is 5.32 Å². The molecule has 0 unspecified atom stereocenters. The lowest BCUT2D eigenvalue weighted by atomic mass is 10.1. The maximum absolute atomic E-state index is 5.55. The van der Waals surface area contributed by atoms with E-state index in [4.69, 9.17) is 4.42 Å². The van der Waals surface area contributed by atoms with Crippen molar-refractivity contribution in [3.63, 3.8) is 0 Å². The third kappa shape index (κ3) is 2.58. The van der Waals surface area contributed by atoms with E-state index in [-0.39, 0.29) is 5.54 Å². The molecule has 1 aromatic carbocycles. The van der Waals surface area contributed by atoms with Crippen molar-refractivity contribution in [2.24, 2.45) is 0 Å². The molecular formula is C15H18N4O. The molecule has 5 nitrogen and oxygen atoms in total. The number of hydrogen-bond donors (Lipinski definition) is 1. The molecule has 0 saturated heterocycles. The largest absolute Gasteiger partial charge is 0.431 e. The third-order valence-corrected chi connectivity index (χ3v) is 3.00. The number of rotatable bonds is 3. The molecule has 0 bridgehead atoms. The molecule has 104 valence electrons. The van der Waals surface area contributed by atoms with Crippen molar-refractivity contribution in [1.82, 2.24) is 19.9 Å². The minimum absolute atomic E-state index is 0.0564. The molecule has 5 heteroatoms. The molecule has 0 aliphatic rings. The Morgan fingerprint density at radius 3 is 2.85 bits per heavy atom. The summed E-state index contributed by atoms with van der Waals surface area (Å²) in [5, 5.41) is 3.39. The number of oxazole rings is 1. The molecule has 2 heterocycles. The zero-order valence-corrected chi connectivity index (χ0v) is 11.9. The van der Waals surface area contributed by atoms with E-state index in [9.17, 15) is 0 Å². The van der Waals surface area contributed by atoms with Gasteiger partial charge in [0.25, 0.3) is 0 Å². The predicted molar refractivity (Wildman–Crippen MR) is 77.7 cm³/mol. The molecule has 3 rings (SSSR count). The minimum Gasteiger partial charge on any atom is -0.431 e. The average molecular weight is 270 g/mol. The van der Waals surface area contributed by atoms with E-state index >= 15 is 0 Å². The zero-order valence-electron chi connectivity index (χ0n) is 11.9. The molecule has 0 fully saturated rings. The zero-order chi connectivity index (χ0) is 14.2. The van der Waals surface area contributed by atoms with Gasteiger partial charge in [0.05, 0.1) is 16.7 Å². The maximum Gasteiger partial charge on any atom is 0.307 e. The summed E-state index contributed by atoms with van der Waals surface area (Å²) in [7, 11) is 0. The monoisotopic (exact) mass is 270 g/mol. The molecule has 0 amide bonds. The van der Waals surface area contributed by atoms with E-state index in [1.54, 1.807) is 12.6 Å². The summed E-state index contributed by atoms with van der Waals surface area (Å²) in [5.41, 5.74) is 2.86. The number of hydrogen-bond acceptors (Lipinski definition) is 4. The van der Waals surface area contributed by atoms with Crippen LogP contribution in [0.15, 0.2) is 41.3 Å². The second kappa shape index (κ2) is 4.76. The number of benzene rings is 1. The summed E-state index contributed by atoms with van der Waals surface area (Å²) in [6.07, 6.45) is 3.42. The van der Waals surface area contributed by atoms with Crippen LogP contribution in [0.3, 0.4) is 0 Å². The van der Waals surface area contributed by atoms with E-state index in [2.05, 4.69) is 36.1 Å². The van der Waals surface area contributed by atoms with Gasteiger partial charge < -0.3 is 9.73 Å². The summed E-state index contributed by atoms with van der Waals surface area (Å²) in [4.78, 5) is 8.84. The molecule has 0 aliphatic heterocycles. The Balaban J connectivity index is 1.86. The van der Waals surface area contributed by atoms with Crippen molar-refractivity contribution in [3.8, 4) is 6.01 Å². The fourth-order valence-electron chi connectivity index (χ4n) is 1.96. The smallest absolute Gasteiger partial charge is 0.307 e. The Morgan fingerprint density at radius 2 is 2.05 bits per heavy atom. The first-order valence-electron chi connectivity index (χ1n) is 6.65. The Kier molecular flexibility index (Phi) is 3.06. The van der Waals surface area contributed by atoms with Crippen LogP contribution in [0.1, 0.15) is 26.5 Å². The first kappa shape index (κ1) is 12.9. The first-order valence-corrected chi connectivity index (χ1v) is 6.65. The molecule has 0 aliphatic carbocycles. The maximum atomic E-state index is 5.55. The molecule has 0 saturated carbocycles. The van der Waals surface area contributed by atoms with Gasteiger partial charge in [-0.05, 0) is 32.9 Å². The van der Waals surface area contributed by atoms with Gasteiger partial charge in [0.1, 0.15) is 12.6 Å². The van der Waals surface area contributed by atoms with Gasteiger partial charge in [-0.15, -0.1) is 0 Å². The highest BCUT2D eigenvalue weighted by Gasteiger charge is 2.13.